The van der Waals surface area contributed by atoms with Crippen molar-refractivity contribution < 1.29 is 0 Å². The topological polar surface area (TPSA) is 38.7 Å². The molecule has 0 amide bonds. The zero-order valence-corrected chi connectivity index (χ0v) is 20.3. The summed E-state index contributed by atoms with van der Waals surface area (Å²) < 4.78 is 0. The Kier molecular flexibility index (Phi) is 5.33. The minimum Gasteiger partial charge on any atom is -0.208 e. The average Bonchev–Trinajstić information content (AvgIpc) is 2.82. The van der Waals surface area contributed by atoms with Crippen LogP contribution in [0.2, 0.25) is 5.28 Å². The van der Waals surface area contributed by atoms with Crippen molar-refractivity contribution in [2.24, 2.45) is 0 Å². The highest BCUT2D eigenvalue weighted by Crippen LogP contribution is 2.46. The highest BCUT2D eigenvalue weighted by atomic mass is 35.5. The predicted molar refractivity (Wildman–Crippen MR) is 136 cm³/mol. The lowest BCUT2D eigenvalue weighted by atomic mass is 9.63. The monoisotopic (exact) mass is 453 g/mol. The third-order valence-electron chi connectivity index (χ3n) is 6.97. The van der Waals surface area contributed by atoms with Crippen LogP contribution in [-0.2, 0) is 10.8 Å². The van der Waals surface area contributed by atoms with Gasteiger partial charge in [-0.1, -0.05) is 94.4 Å². The fourth-order valence-electron chi connectivity index (χ4n) is 4.78. The van der Waals surface area contributed by atoms with Gasteiger partial charge in [0, 0.05) is 11.1 Å². The fraction of sp³-hybridized carbons (Fsp3) is 0.276. The molecule has 0 aliphatic heterocycles. The van der Waals surface area contributed by atoms with Gasteiger partial charge in [-0.25, -0.2) is 4.98 Å². The molecule has 0 unspecified atom stereocenters. The summed E-state index contributed by atoms with van der Waals surface area (Å²) in [4.78, 5) is 13.7. The number of rotatable bonds is 3. The maximum Gasteiger partial charge on any atom is 0.226 e. The number of hydrogen-bond donors (Lipinski definition) is 0. The third-order valence-corrected chi connectivity index (χ3v) is 7.14. The molecule has 0 fully saturated rings. The second-order valence-electron chi connectivity index (χ2n) is 10.2. The zero-order valence-electron chi connectivity index (χ0n) is 19.6. The van der Waals surface area contributed by atoms with Crippen molar-refractivity contribution in [3.05, 3.63) is 89.2 Å². The molecule has 5 rings (SSSR count). The molecular formula is C29H28ClN3. The van der Waals surface area contributed by atoms with Gasteiger partial charge in [-0.15, -0.1) is 0 Å². The molecule has 0 atom stereocenters. The number of halogens is 1. The van der Waals surface area contributed by atoms with E-state index in [1.165, 1.54) is 23.1 Å². The molecular weight excluding hydrogens is 426 g/mol. The molecule has 1 heterocycles. The van der Waals surface area contributed by atoms with Crippen LogP contribution in [0.25, 0.3) is 33.9 Å². The van der Waals surface area contributed by atoms with Crippen LogP contribution in [0.5, 0.6) is 0 Å². The lowest BCUT2D eigenvalue weighted by Crippen LogP contribution is -2.33. The van der Waals surface area contributed by atoms with E-state index in [4.69, 9.17) is 16.6 Å². The number of nitrogens with zero attached hydrogens (tertiary/aromatic N) is 3. The van der Waals surface area contributed by atoms with E-state index in [1.807, 2.05) is 30.3 Å². The molecule has 0 bridgehead atoms. The molecule has 1 aromatic heterocycles. The molecule has 1 aliphatic carbocycles. The van der Waals surface area contributed by atoms with Gasteiger partial charge in [-0.2, -0.15) is 9.97 Å². The molecule has 0 radical (unpaired) electrons. The number of benzene rings is 3. The van der Waals surface area contributed by atoms with Crippen molar-refractivity contribution in [1.82, 2.24) is 15.0 Å². The van der Waals surface area contributed by atoms with Gasteiger partial charge in [-0.05, 0) is 63.6 Å². The van der Waals surface area contributed by atoms with Crippen molar-refractivity contribution in [1.29, 1.82) is 0 Å². The Balaban J connectivity index is 1.54. The summed E-state index contributed by atoms with van der Waals surface area (Å²) in [6, 6.07) is 25.2. The number of hydrogen-bond acceptors (Lipinski definition) is 3. The van der Waals surface area contributed by atoms with Gasteiger partial charge in [0.2, 0.25) is 5.28 Å². The van der Waals surface area contributed by atoms with Gasteiger partial charge >= 0.3 is 0 Å². The van der Waals surface area contributed by atoms with Gasteiger partial charge in [0.25, 0.3) is 0 Å². The summed E-state index contributed by atoms with van der Waals surface area (Å²) >= 11 is 6.36. The molecule has 3 aromatic carbocycles. The lowest BCUT2D eigenvalue weighted by Gasteiger charge is -2.42. The smallest absolute Gasteiger partial charge is 0.208 e. The molecule has 0 N–H and O–H groups in total. The van der Waals surface area contributed by atoms with Crippen molar-refractivity contribution in [3.63, 3.8) is 0 Å². The number of fused-ring (bicyclic) bond motifs is 1. The van der Waals surface area contributed by atoms with Crippen molar-refractivity contribution >= 4 is 11.6 Å². The van der Waals surface area contributed by atoms with E-state index in [0.717, 1.165) is 23.1 Å². The van der Waals surface area contributed by atoms with E-state index in [0.29, 0.717) is 11.6 Å². The standard InChI is InChI=1S/C29H28ClN3/c1-28(2)16-17-29(3,4)24-18-22(14-15-23(24)28)26-31-25(32-27(30)33-26)21-12-10-20(11-13-21)19-8-6-5-7-9-19/h5-15,18H,16-17H2,1-4H3. The maximum absolute atomic E-state index is 6.36. The normalized spacial score (nSPS) is 16.3. The Hall–Kier alpha value is -3.04. The van der Waals surface area contributed by atoms with Crippen LogP contribution in [0.1, 0.15) is 51.7 Å². The van der Waals surface area contributed by atoms with Crippen LogP contribution in [0.4, 0.5) is 0 Å². The molecule has 1 aliphatic rings. The van der Waals surface area contributed by atoms with Gasteiger partial charge in [0.15, 0.2) is 11.6 Å². The summed E-state index contributed by atoms with van der Waals surface area (Å²) in [5.74, 6) is 1.20. The highest BCUT2D eigenvalue weighted by Gasteiger charge is 2.37. The zero-order chi connectivity index (χ0) is 23.2. The first-order valence-electron chi connectivity index (χ1n) is 11.5. The minimum absolute atomic E-state index is 0.119. The summed E-state index contributed by atoms with van der Waals surface area (Å²) in [5.41, 5.74) is 7.31. The Morgan fingerprint density at radius 1 is 0.576 bits per heavy atom. The predicted octanol–water partition coefficient (Wildman–Crippen LogP) is 7.88. The first-order valence-corrected chi connectivity index (χ1v) is 11.8. The minimum atomic E-state index is 0.119. The Morgan fingerprint density at radius 3 is 1.76 bits per heavy atom. The van der Waals surface area contributed by atoms with E-state index in [-0.39, 0.29) is 16.1 Å². The van der Waals surface area contributed by atoms with E-state index in [1.54, 1.807) is 0 Å². The van der Waals surface area contributed by atoms with Gasteiger partial charge in [-0.3, -0.25) is 0 Å². The van der Waals surface area contributed by atoms with Crippen molar-refractivity contribution in [2.45, 2.75) is 51.4 Å². The molecule has 3 nitrogen and oxygen atoms in total. The third kappa shape index (κ3) is 4.18. The van der Waals surface area contributed by atoms with Crippen LogP contribution in [-0.4, -0.2) is 15.0 Å². The first-order chi connectivity index (χ1) is 15.7. The Labute approximate surface area is 200 Å². The van der Waals surface area contributed by atoms with Crippen molar-refractivity contribution in [2.75, 3.05) is 0 Å². The van der Waals surface area contributed by atoms with E-state index < -0.39 is 0 Å². The van der Waals surface area contributed by atoms with Crippen LogP contribution < -0.4 is 0 Å². The molecule has 4 heteroatoms. The molecule has 166 valence electrons. The quantitative estimate of drug-likeness (QED) is 0.316. The van der Waals surface area contributed by atoms with Crippen LogP contribution >= 0.6 is 11.6 Å². The summed E-state index contributed by atoms with van der Waals surface area (Å²) in [5, 5.41) is 0.208. The first kappa shape index (κ1) is 21.8. The highest BCUT2D eigenvalue weighted by molar-refractivity contribution is 6.28. The molecule has 33 heavy (non-hydrogen) atoms. The summed E-state index contributed by atoms with van der Waals surface area (Å²) in [6.45, 7) is 9.31. The van der Waals surface area contributed by atoms with Crippen LogP contribution in [0.3, 0.4) is 0 Å². The summed E-state index contributed by atoms with van der Waals surface area (Å²) in [6.07, 6.45) is 2.35. The average molecular weight is 454 g/mol. The van der Waals surface area contributed by atoms with Crippen molar-refractivity contribution in [3.8, 4) is 33.9 Å². The Morgan fingerprint density at radius 2 is 1.09 bits per heavy atom. The largest absolute Gasteiger partial charge is 0.226 e. The second kappa shape index (κ2) is 8.07. The van der Waals surface area contributed by atoms with Gasteiger partial charge in [0.1, 0.15) is 0 Å². The SMILES string of the molecule is CC1(C)CCC(C)(C)c2cc(-c3nc(Cl)nc(-c4ccc(-c5ccccc5)cc4)n3)ccc21. The second-order valence-corrected chi connectivity index (χ2v) is 10.6. The van der Waals surface area contributed by atoms with E-state index in [2.05, 4.69) is 80.1 Å². The lowest BCUT2D eigenvalue weighted by molar-refractivity contribution is 0.332. The molecule has 0 saturated heterocycles. The maximum atomic E-state index is 6.36. The Bertz CT molecular complexity index is 1310. The fourth-order valence-corrected chi connectivity index (χ4v) is 4.94. The van der Waals surface area contributed by atoms with Gasteiger partial charge < -0.3 is 0 Å². The molecule has 4 aromatic rings. The molecule has 0 saturated carbocycles. The van der Waals surface area contributed by atoms with Crippen LogP contribution in [0.15, 0.2) is 72.8 Å². The molecule has 0 spiro atoms. The summed E-state index contributed by atoms with van der Waals surface area (Å²) in [7, 11) is 0. The van der Waals surface area contributed by atoms with Crippen LogP contribution in [0, 0.1) is 0 Å². The van der Waals surface area contributed by atoms with Gasteiger partial charge in [0.05, 0.1) is 0 Å². The number of aromatic nitrogens is 3. The van der Waals surface area contributed by atoms with E-state index >= 15 is 0 Å². The van der Waals surface area contributed by atoms with E-state index in [9.17, 15) is 0 Å².